The molecule has 0 unspecified atom stereocenters. The molecule has 0 radical (unpaired) electrons. The number of carbonyl (C=O) groups is 1. The number of hydrogen-bond acceptors (Lipinski definition) is 6. The molecule has 10 heteroatoms. The molecule has 1 amide bonds. The van der Waals surface area contributed by atoms with Crippen molar-refractivity contribution in [3.05, 3.63) is 64.1 Å². The van der Waals surface area contributed by atoms with E-state index >= 15 is 0 Å². The van der Waals surface area contributed by atoms with Crippen molar-refractivity contribution in [2.75, 3.05) is 5.43 Å². The first kappa shape index (κ1) is 20.8. The van der Waals surface area contributed by atoms with Crippen LogP contribution in [-0.4, -0.2) is 25.4 Å². The fourth-order valence-electron chi connectivity index (χ4n) is 2.71. The van der Waals surface area contributed by atoms with Crippen LogP contribution in [0.25, 0.3) is 10.6 Å². The largest absolute Gasteiger partial charge is 0.298 e. The van der Waals surface area contributed by atoms with Gasteiger partial charge in [0.2, 0.25) is 10.0 Å². The van der Waals surface area contributed by atoms with Crippen molar-refractivity contribution in [3.8, 4) is 10.6 Å². The molecule has 1 aliphatic carbocycles. The summed E-state index contributed by atoms with van der Waals surface area (Å²) in [6, 6.07) is 13.5. The minimum Gasteiger partial charge on any atom is -0.298 e. The Kier molecular flexibility index (Phi) is 5.79. The molecular formula is C20H19ClN4O3S2. The molecule has 1 fully saturated rings. The first-order valence-electron chi connectivity index (χ1n) is 9.24. The van der Waals surface area contributed by atoms with Crippen molar-refractivity contribution in [2.24, 2.45) is 0 Å². The summed E-state index contributed by atoms with van der Waals surface area (Å²) in [5.74, 6) is -0.322. The summed E-state index contributed by atoms with van der Waals surface area (Å²) in [5.41, 5.74) is 7.50. The van der Waals surface area contributed by atoms with Gasteiger partial charge < -0.3 is 0 Å². The van der Waals surface area contributed by atoms with Crippen LogP contribution in [0.3, 0.4) is 0 Å². The van der Waals surface area contributed by atoms with E-state index in [0.717, 1.165) is 23.4 Å². The van der Waals surface area contributed by atoms with Gasteiger partial charge in [0.15, 0.2) is 0 Å². The van der Waals surface area contributed by atoms with Crippen LogP contribution in [0.2, 0.25) is 5.02 Å². The van der Waals surface area contributed by atoms with Gasteiger partial charge in [0.1, 0.15) is 9.88 Å². The summed E-state index contributed by atoms with van der Waals surface area (Å²) in [4.78, 5) is 17.7. The number of hydrogen-bond donors (Lipinski definition) is 3. The Bertz CT molecular complexity index is 1170. The summed E-state index contributed by atoms with van der Waals surface area (Å²) < 4.78 is 27.0. The van der Waals surface area contributed by atoms with Crippen molar-refractivity contribution >= 4 is 44.6 Å². The molecule has 30 heavy (non-hydrogen) atoms. The average Bonchev–Trinajstić information content (AvgIpc) is 3.44. The zero-order valence-electron chi connectivity index (χ0n) is 16.0. The molecule has 156 valence electrons. The molecule has 1 heterocycles. The lowest BCUT2D eigenvalue weighted by atomic mass is 10.2. The molecule has 1 aromatic heterocycles. The monoisotopic (exact) mass is 462 g/mol. The number of anilines is 1. The SMILES string of the molecule is Cc1nc(-c2ccc(Cl)cc2)sc1C(=O)NNc1ccc(S(=O)(=O)NC2CC2)cc1. The highest BCUT2D eigenvalue weighted by atomic mass is 35.5. The maximum Gasteiger partial charge on any atom is 0.281 e. The van der Waals surface area contributed by atoms with Crippen LogP contribution in [0.15, 0.2) is 53.4 Å². The molecule has 7 nitrogen and oxygen atoms in total. The molecule has 3 aromatic rings. The lowest BCUT2D eigenvalue weighted by Gasteiger charge is -2.09. The normalized spacial score (nSPS) is 13.8. The molecule has 0 saturated heterocycles. The van der Waals surface area contributed by atoms with E-state index in [9.17, 15) is 13.2 Å². The highest BCUT2D eigenvalue weighted by Gasteiger charge is 2.27. The first-order valence-corrected chi connectivity index (χ1v) is 11.9. The predicted octanol–water partition coefficient (Wildman–Crippen LogP) is 3.97. The zero-order valence-corrected chi connectivity index (χ0v) is 18.4. The van der Waals surface area contributed by atoms with Gasteiger partial charge in [-0.3, -0.25) is 15.6 Å². The van der Waals surface area contributed by atoms with Crippen molar-refractivity contribution < 1.29 is 13.2 Å². The fourth-order valence-corrected chi connectivity index (χ4v) is 5.11. The van der Waals surface area contributed by atoms with Crippen molar-refractivity contribution in [1.82, 2.24) is 15.1 Å². The standard InChI is InChI=1S/C20H19ClN4O3S2/c1-12-18(29-20(22-12)13-2-4-14(21)5-3-13)19(26)24-23-15-8-10-17(11-9-15)30(27,28)25-16-6-7-16/h2-5,8-11,16,23,25H,6-7H2,1H3,(H,24,26). The number of benzene rings is 2. The Hall–Kier alpha value is -2.46. The summed E-state index contributed by atoms with van der Waals surface area (Å²) >= 11 is 7.20. The van der Waals surface area contributed by atoms with Gasteiger partial charge in [-0.25, -0.2) is 18.1 Å². The van der Waals surface area contributed by atoms with Crippen LogP contribution in [0, 0.1) is 6.92 Å². The van der Waals surface area contributed by atoms with E-state index in [0.29, 0.717) is 21.3 Å². The van der Waals surface area contributed by atoms with Crippen LogP contribution in [0.1, 0.15) is 28.2 Å². The molecule has 3 N–H and O–H groups in total. The van der Waals surface area contributed by atoms with E-state index in [1.165, 1.54) is 23.5 Å². The number of hydrazine groups is 1. The van der Waals surface area contributed by atoms with Crippen molar-refractivity contribution in [2.45, 2.75) is 30.7 Å². The number of nitrogens with zero attached hydrogens (tertiary/aromatic N) is 1. The third kappa shape index (κ3) is 4.81. The second-order valence-electron chi connectivity index (χ2n) is 6.94. The second kappa shape index (κ2) is 8.35. The van der Waals surface area contributed by atoms with Crippen molar-refractivity contribution in [1.29, 1.82) is 0 Å². The van der Waals surface area contributed by atoms with Gasteiger partial charge in [-0.05, 0) is 56.2 Å². The van der Waals surface area contributed by atoms with Crippen LogP contribution >= 0.6 is 22.9 Å². The number of thiazole rings is 1. The number of sulfonamides is 1. The number of aromatic nitrogens is 1. The van der Waals surface area contributed by atoms with Gasteiger partial charge in [-0.1, -0.05) is 23.7 Å². The molecule has 2 aromatic carbocycles. The molecule has 4 rings (SSSR count). The quantitative estimate of drug-likeness (QED) is 0.461. The van der Waals surface area contributed by atoms with Crippen molar-refractivity contribution in [3.63, 3.8) is 0 Å². The number of rotatable bonds is 7. The Labute approximate surface area is 183 Å². The van der Waals surface area contributed by atoms with Gasteiger partial charge in [0, 0.05) is 16.6 Å². The lowest BCUT2D eigenvalue weighted by Crippen LogP contribution is -2.29. The van der Waals surface area contributed by atoms with Gasteiger partial charge in [0.25, 0.3) is 5.91 Å². The van der Waals surface area contributed by atoms with E-state index < -0.39 is 10.0 Å². The van der Waals surface area contributed by atoms with E-state index in [-0.39, 0.29) is 16.8 Å². The van der Waals surface area contributed by atoms with Crippen LogP contribution < -0.4 is 15.6 Å². The van der Waals surface area contributed by atoms with Gasteiger partial charge in [-0.2, -0.15) is 0 Å². The third-order valence-electron chi connectivity index (χ3n) is 4.48. The summed E-state index contributed by atoms with van der Waals surface area (Å²) in [5, 5.41) is 1.36. The van der Waals surface area contributed by atoms with Gasteiger partial charge >= 0.3 is 0 Å². The summed E-state index contributed by atoms with van der Waals surface area (Å²) in [7, 11) is -3.50. The molecule has 0 aliphatic heterocycles. The molecule has 1 saturated carbocycles. The summed E-state index contributed by atoms with van der Waals surface area (Å²) in [6.45, 7) is 1.78. The Morgan fingerprint density at radius 3 is 2.40 bits per heavy atom. The topological polar surface area (TPSA) is 100 Å². The van der Waals surface area contributed by atoms with Gasteiger partial charge in [0.05, 0.1) is 16.3 Å². The smallest absolute Gasteiger partial charge is 0.281 e. The van der Waals surface area contributed by atoms with E-state index in [1.807, 2.05) is 12.1 Å². The molecule has 0 spiro atoms. The molecule has 0 bridgehead atoms. The zero-order chi connectivity index (χ0) is 21.3. The Morgan fingerprint density at radius 1 is 1.10 bits per heavy atom. The highest BCUT2D eigenvalue weighted by Crippen LogP contribution is 2.29. The molecule has 1 aliphatic rings. The minimum absolute atomic E-state index is 0.0486. The number of halogens is 1. The van der Waals surface area contributed by atoms with E-state index in [2.05, 4.69) is 20.6 Å². The fraction of sp³-hybridized carbons (Fsp3) is 0.200. The first-order chi connectivity index (χ1) is 14.3. The minimum atomic E-state index is -3.50. The maximum atomic E-state index is 12.6. The molecule has 0 atom stereocenters. The highest BCUT2D eigenvalue weighted by molar-refractivity contribution is 7.89. The lowest BCUT2D eigenvalue weighted by molar-refractivity contribution is 0.0966. The Morgan fingerprint density at radius 2 is 1.77 bits per heavy atom. The molecular weight excluding hydrogens is 444 g/mol. The predicted molar refractivity (Wildman–Crippen MR) is 118 cm³/mol. The van der Waals surface area contributed by atoms with Gasteiger partial charge in [-0.15, -0.1) is 11.3 Å². The Balaban J connectivity index is 1.40. The second-order valence-corrected chi connectivity index (χ2v) is 10.1. The summed E-state index contributed by atoms with van der Waals surface area (Å²) in [6.07, 6.45) is 1.75. The van der Waals surface area contributed by atoms with Crippen LogP contribution in [0.4, 0.5) is 5.69 Å². The van der Waals surface area contributed by atoms with Crippen LogP contribution in [-0.2, 0) is 10.0 Å². The number of aryl methyl sites for hydroxylation is 1. The van der Waals surface area contributed by atoms with E-state index in [4.69, 9.17) is 11.6 Å². The maximum absolute atomic E-state index is 12.6. The third-order valence-corrected chi connectivity index (χ3v) is 7.47. The average molecular weight is 463 g/mol. The van der Waals surface area contributed by atoms with Crippen LogP contribution in [0.5, 0.6) is 0 Å². The number of nitrogens with one attached hydrogen (secondary N) is 3. The number of carbonyl (C=O) groups excluding carboxylic acids is 1. The van der Waals surface area contributed by atoms with E-state index in [1.54, 1.807) is 31.2 Å². The number of amides is 1.